The van der Waals surface area contributed by atoms with E-state index in [0.29, 0.717) is 0 Å². The Hall–Kier alpha value is -4.71. The van der Waals surface area contributed by atoms with Gasteiger partial charge in [-0.25, -0.2) is 27.3 Å². The van der Waals surface area contributed by atoms with Gasteiger partial charge >= 0.3 is 6.18 Å². The summed E-state index contributed by atoms with van der Waals surface area (Å²) >= 11 is 0. The van der Waals surface area contributed by atoms with E-state index in [0.717, 1.165) is 21.2 Å². The minimum atomic E-state index is -4.80. The zero-order chi connectivity index (χ0) is 32.0. The normalized spacial score (nSPS) is 17.5. The molecule has 0 radical (unpaired) electrons. The third-order valence-electron chi connectivity index (χ3n) is 6.99. The molecule has 2 atom stereocenters. The van der Waals surface area contributed by atoms with Gasteiger partial charge in [0.1, 0.15) is 40.0 Å². The molecule has 0 saturated carbocycles. The van der Waals surface area contributed by atoms with Crippen LogP contribution in [-0.4, -0.2) is 84.8 Å². The molecule has 1 fully saturated rings. The minimum Gasteiger partial charge on any atom is -0.497 e. The van der Waals surface area contributed by atoms with E-state index in [1.54, 1.807) is 0 Å². The second-order valence-electron chi connectivity index (χ2n) is 9.56. The number of anilines is 1. The number of carbonyl (C=O) groups excluding carboxylic acids is 1. The minimum absolute atomic E-state index is 0.0138. The van der Waals surface area contributed by atoms with Crippen LogP contribution in [0.1, 0.15) is 15.9 Å². The van der Waals surface area contributed by atoms with E-state index in [1.165, 1.54) is 51.8 Å². The van der Waals surface area contributed by atoms with E-state index >= 15 is 4.39 Å². The van der Waals surface area contributed by atoms with E-state index in [1.807, 2.05) is 0 Å². The van der Waals surface area contributed by atoms with Crippen LogP contribution in [0.3, 0.4) is 0 Å². The Kier molecular flexibility index (Phi) is 7.98. The number of amides is 1. The Balaban J connectivity index is 1.45. The number of carbonyl (C=O) groups is 1. The SMILES string of the molecule is COc1ccc(OC)c(S(=O)(=O)N2C[C@H](F)[C@H](NC(=O)c3cc(-c4cc(C(F)(F)F)c5c(N)ncnn45)cnc3OC)C2)c1. The third kappa shape index (κ3) is 5.41. The number of halogens is 4. The predicted molar refractivity (Wildman–Crippen MR) is 147 cm³/mol. The number of methoxy groups -OCH3 is 3. The number of nitrogen functional groups attached to an aromatic ring is 1. The molecule has 1 aromatic carbocycles. The highest BCUT2D eigenvalue weighted by atomic mass is 32.2. The van der Waals surface area contributed by atoms with Crippen molar-refractivity contribution in [3.63, 3.8) is 0 Å². The Morgan fingerprint density at radius 1 is 1.07 bits per heavy atom. The van der Waals surface area contributed by atoms with Crippen molar-refractivity contribution in [2.24, 2.45) is 0 Å². The summed E-state index contributed by atoms with van der Waals surface area (Å²) in [6.45, 7) is -1.000. The average Bonchev–Trinajstić information content (AvgIpc) is 3.58. The molecule has 4 aromatic rings. The van der Waals surface area contributed by atoms with Gasteiger partial charge in [-0.3, -0.25) is 4.79 Å². The van der Waals surface area contributed by atoms with Gasteiger partial charge in [0.05, 0.1) is 38.6 Å². The second kappa shape index (κ2) is 11.4. The molecule has 234 valence electrons. The highest BCUT2D eigenvalue weighted by Gasteiger charge is 2.42. The highest BCUT2D eigenvalue weighted by molar-refractivity contribution is 7.89. The fraction of sp³-hybridized carbons (Fsp3) is 0.308. The van der Waals surface area contributed by atoms with Crippen molar-refractivity contribution in [1.82, 2.24) is 29.2 Å². The summed E-state index contributed by atoms with van der Waals surface area (Å²) in [6.07, 6.45) is -4.48. The molecule has 3 N–H and O–H groups in total. The topological polar surface area (TPSA) is 163 Å². The van der Waals surface area contributed by atoms with Crippen LogP contribution >= 0.6 is 0 Å². The van der Waals surface area contributed by atoms with Crippen LogP contribution in [0.4, 0.5) is 23.4 Å². The largest absolute Gasteiger partial charge is 0.497 e. The van der Waals surface area contributed by atoms with E-state index in [2.05, 4.69) is 20.4 Å². The van der Waals surface area contributed by atoms with Gasteiger partial charge in [0.2, 0.25) is 15.9 Å². The second-order valence-corrected chi connectivity index (χ2v) is 11.5. The molecule has 1 aliphatic heterocycles. The molecule has 5 rings (SSSR count). The molecule has 0 aliphatic carbocycles. The summed E-state index contributed by atoms with van der Waals surface area (Å²) in [6, 6.07) is 4.83. The van der Waals surface area contributed by atoms with Gasteiger partial charge in [-0.15, -0.1) is 0 Å². The molecule has 1 aliphatic rings. The summed E-state index contributed by atoms with van der Waals surface area (Å²) in [5, 5.41) is 6.33. The van der Waals surface area contributed by atoms with Crippen molar-refractivity contribution in [3.8, 4) is 28.6 Å². The van der Waals surface area contributed by atoms with Crippen LogP contribution in [0.5, 0.6) is 17.4 Å². The van der Waals surface area contributed by atoms with E-state index in [4.69, 9.17) is 19.9 Å². The van der Waals surface area contributed by atoms with E-state index in [-0.39, 0.29) is 39.1 Å². The number of alkyl halides is 4. The first-order valence-corrected chi connectivity index (χ1v) is 14.1. The van der Waals surface area contributed by atoms with Gasteiger partial charge < -0.3 is 25.3 Å². The molecule has 1 amide bonds. The first-order chi connectivity index (χ1) is 20.8. The van der Waals surface area contributed by atoms with E-state index < -0.39 is 64.3 Å². The molecular formula is C26H25F4N7O6S. The highest BCUT2D eigenvalue weighted by Crippen LogP contribution is 2.39. The zero-order valence-electron chi connectivity index (χ0n) is 23.3. The van der Waals surface area contributed by atoms with Crippen molar-refractivity contribution in [2.75, 3.05) is 40.2 Å². The first kappa shape index (κ1) is 30.7. The van der Waals surface area contributed by atoms with Crippen LogP contribution in [0.2, 0.25) is 0 Å². The molecule has 44 heavy (non-hydrogen) atoms. The van der Waals surface area contributed by atoms with E-state index in [9.17, 15) is 26.4 Å². The summed E-state index contributed by atoms with van der Waals surface area (Å²) in [4.78, 5) is 20.8. The van der Waals surface area contributed by atoms with Gasteiger partial charge in [0.15, 0.2) is 5.82 Å². The van der Waals surface area contributed by atoms with Crippen molar-refractivity contribution >= 4 is 27.3 Å². The number of nitrogens with one attached hydrogen (secondary N) is 1. The number of aromatic nitrogens is 4. The van der Waals surface area contributed by atoms with Crippen molar-refractivity contribution in [3.05, 3.63) is 54.0 Å². The van der Waals surface area contributed by atoms with Crippen LogP contribution < -0.4 is 25.3 Å². The molecule has 1 saturated heterocycles. The first-order valence-electron chi connectivity index (χ1n) is 12.7. The Labute approximate surface area is 247 Å². The van der Waals surface area contributed by atoms with Crippen LogP contribution in [-0.2, 0) is 16.2 Å². The molecule has 13 nitrogen and oxygen atoms in total. The summed E-state index contributed by atoms with van der Waals surface area (Å²) in [5.41, 5.74) is 3.78. The Bertz CT molecular complexity index is 1850. The summed E-state index contributed by atoms with van der Waals surface area (Å²) < 4.78 is 101. The standard InChI is InChI=1S/C26H25F4N7O6S/c1-41-14-4-5-20(42-2)21(7-14)44(39,40)36-10-17(27)18(11-36)35-24(38)15-6-13(9-32-25(15)43-3)19-8-16(26(28,29)30)22-23(31)33-12-34-37(19)22/h4-9,12,17-18H,10-11H2,1-3H3,(H,35,38)(H2,31,33,34)/t17-,18+/m0/s1. The smallest absolute Gasteiger partial charge is 0.418 e. The number of benzene rings is 1. The monoisotopic (exact) mass is 639 g/mol. The van der Waals surface area contributed by atoms with Gasteiger partial charge in [0.25, 0.3) is 5.91 Å². The molecular weight excluding hydrogens is 614 g/mol. The van der Waals surface area contributed by atoms with Gasteiger partial charge in [-0.2, -0.15) is 22.6 Å². The van der Waals surface area contributed by atoms with Crippen LogP contribution in [0.15, 0.2) is 47.8 Å². The Morgan fingerprint density at radius 2 is 1.82 bits per heavy atom. The molecule has 0 bridgehead atoms. The maximum atomic E-state index is 15.2. The predicted octanol–water partition coefficient (Wildman–Crippen LogP) is 2.56. The fourth-order valence-electron chi connectivity index (χ4n) is 4.84. The maximum absolute atomic E-state index is 15.2. The average molecular weight is 640 g/mol. The number of fused-ring (bicyclic) bond motifs is 1. The van der Waals surface area contributed by atoms with Crippen LogP contribution in [0, 0.1) is 0 Å². The lowest BCUT2D eigenvalue weighted by molar-refractivity contribution is -0.136. The number of hydrogen-bond acceptors (Lipinski definition) is 10. The lowest BCUT2D eigenvalue weighted by Gasteiger charge is -2.19. The quantitative estimate of drug-likeness (QED) is 0.274. The number of rotatable bonds is 8. The molecule has 0 unspecified atom stereocenters. The van der Waals surface area contributed by atoms with Crippen molar-refractivity contribution in [1.29, 1.82) is 0 Å². The number of sulfonamides is 1. The number of ether oxygens (including phenoxy) is 3. The molecule has 3 aromatic heterocycles. The van der Waals surface area contributed by atoms with Gasteiger partial charge in [0, 0.05) is 30.9 Å². The number of pyridine rings is 1. The van der Waals surface area contributed by atoms with Crippen molar-refractivity contribution < 1.29 is 45.0 Å². The fourth-order valence-corrected chi connectivity index (χ4v) is 6.48. The van der Waals surface area contributed by atoms with Gasteiger partial charge in [-0.1, -0.05) is 0 Å². The third-order valence-corrected chi connectivity index (χ3v) is 8.85. The molecule has 18 heteroatoms. The molecule has 0 spiro atoms. The zero-order valence-corrected chi connectivity index (χ0v) is 24.1. The van der Waals surface area contributed by atoms with Crippen LogP contribution in [0.25, 0.3) is 16.8 Å². The number of nitrogens with two attached hydrogens (primary N) is 1. The lowest BCUT2D eigenvalue weighted by Crippen LogP contribution is -2.42. The maximum Gasteiger partial charge on any atom is 0.418 e. The van der Waals surface area contributed by atoms with Gasteiger partial charge in [-0.05, 0) is 24.3 Å². The number of hydrogen-bond donors (Lipinski definition) is 2. The Morgan fingerprint density at radius 3 is 2.48 bits per heavy atom. The number of nitrogens with zero attached hydrogens (tertiary/aromatic N) is 5. The van der Waals surface area contributed by atoms with Crippen molar-refractivity contribution in [2.45, 2.75) is 23.3 Å². The summed E-state index contributed by atoms with van der Waals surface area (Å²) in [5.74, 6) is -1.29. The lowest BCUT2D eigenvalue weighted by atomic mass is 10.1. The summed E-state index contributed by atoms with van der Waals surface area (Å²) in [7, 11) is -0.439. The molecule has 4 heterocycles.